The van der Waals surface area contributed by atoms with Gasteiger partial charge >= 0.3 is 0 Å². The second-order valence-electron chi connectivity index (χ2n) is 42.7. The van der Waals surface area contributed by atoms with Gasteiger partial charge in [0.25, 0.3) is 5.82 Å². The summed E-state index contributed by atoms with van der Waals surface area (Å²) in [5.74, 6) is 4.47. The van der Waals surface area contributed by atoms with Crippen LogP contribution in [0.3, 0.4) is 0 Å². The minimum Gasteiger partial charge on any atom is -0.340 e. The maximum atomic E-state index is 4.54. The molecule has 0 unspecified atom stereocenters. The number of imidazole rings is 7. The van der Waals surface area contributed by atoms with Gasteiger partial charge in [0.1, 0.15) is 29.4 Å². The normalized spacial score (nSPS) is 12.1. The van der Waals surface area contributed by atoms with Crippen LogP contribution in [0.25, 0.3) is 0 Å². The number of rotatable bonds is 0. The number of nitrogens with zero attached hydrogens (tertiary/aromatic N) is 17. The van der Waals surface area contributed by atoms with Crippen LogP contribution >= 0.6 is 45.3 Å². The number of nitrogens with one attached hydrogen (secondary N) is 1. The lowest BCUT2D eigenvalue weighted by Gasteiger charge is -2.20. The van der Waals surface area contributed by atoms with E-state index in [1.165, 1.54) is 77.4 Å². The van der Waals surface area contributed by atoms with E-state index in [2.05, 4.69) is 404 Å². The highest BCUT2D eigenvalue weighted by Crippen LogP contribution is 2.33. The molecule has 22 heteroatoms. The maximum Gasteiger partial charge on any atom is 0.251 e. The Hall–Kier alpha value is -7.01. The van der Waals surface area contributed by atoms with Gasteiger partial charge in [0, 0.05) is 159 Å². The molecule has 11 aromatic rings. The Balaban J connectivity index is 0.000000649. The van der Waals surface area contributed by atoms with E-state index >= 15 is 0 Å². The van der Waals surface area contributed by atoms with Crippen molar-refractivity contribution in [2.45, 2.75) is 371 Å². The van der Waals surface area contributed by atoms with Gasteiger partial charge in [0.15, 0.2) is 0 Å². The van der Waals surface area contributed by atoms with E-state index in [1.54, 1.807) is 45.3 Å². The van der Waals surface area contributed by atoms with Gasteiger partial charge in [-0.2, -0.15) is 0 Å². The third-order valence-corrected chi connectivity index (χ3v) is 23.5. The van der Waals surface area contributed by atoms with Gasteiger partial charge in [-0.1, -0.05) is 228 Å². The van der Waals surface area contributed by atoms with E-state index in [0.717, 1.165) is 50.3 Å². The van der Waals surface area contributed by atoms with Crippen molar-refractivity contribution in [3.05, 3.63) is 188 Å². The van der Waals surface area contributed by atoms with Crippen molar-refractivity contribution < 1.29 is 4.57 Å². The Morgan fingerprint density at radius 3 is 1.03 bits per heavy atom. The molecule has 11 heterocycles. The molecule has 0 aromatic carbocycles. The molecule has 0 bridgehead atoms. The minimum absolute atomic E-state index is 0.163. The molecule has 0 radical (unpaired) electrons. The molecule has 664 valence electrons. The summed E-state index contributed by atoms with van der Waals surface area (Å²) in [7, 11) is 14.3. The molecular weight excluding hydrogens is 1530 g/mol. The van der Waals surface area contributed by atoms with E-state index in [0.29, 0.717) is 0 Å². The van der Waals surface area contributed by atoms with Crippen molar-refractivity contribution in [1.82, 2.24) is 82.2 Å². The number of thiazole rings is 4. The van der Waals surface area contributed by atoms with Crippen LogP contribution in [0, 0.1) is 83.1 Å². The molecule has 0 aliphatic carbocycles. The van der Waals surface area contributed by atoms with Gasteiger partial charge in [0.2, 0.25) is 0 Å². The number of aromatic amines is 1. The van der Waals surface area contributed by atoms with E-state index in [-0.39, 0.29) is 59.6 Å². The van der Waals surface area contributed by atoms with Crippen LogP contribution in [0.5, 0.6) is 0 Å². The third-order valence-electron chi connectivity index (χ3n) is 19.3. The molecular formula is C96H167N18S4+. The number of hydrogen-bond donors (Lipinski definition) is 1. The van der Waals surface area contributed by atoms with Crippen molar-refractivity contribution in [2.75, 3.05) is 0 Å². The summed E-state index contributed by atoms with van der Waals surface area (Å²) >= 11 is 6.97. The van der Waals surface area contributed by atoms with Gasteiger partial charge in [-0.15, -0.1) is 45.3 Å². The van der Waals surface area contributed by atoms with Gasteiger partial charge in [-0.3, -0.25) is 0 Å². The van der Waals surface area contributed by atoms with E-state index in [1.807, 2.05) is 104 Å². The largest absolute Gasteiger partial charge is 0.340 e. The Morgan fingerprint density at radius 2 is 0.839 bits per heavy atom. The van der Waals surface area contributed by atoms with Crippen LogP contribution < -0.4 is 4.57 Å². The third kappa shape index (κ3) is 35.6. The second kappa shape index (κ2) is 43.2. The number of H-pyrrole nitrogens is 1. The predicted octanol–water partition coefficient (Wildman–Crippen LogP) is 24.9. The Bertz CT molecular complexity index is 4500. The predicted molar refractivity (Wildman–Crippen MR) is 512 cm³/mol. The highest BCUT2D eigenvalue weighted by Gasteiger charge is 2.28. The molecule has 0 atom stereocenters. The topological polar surface area (TPSA) is 178 Å². The first-order chi connectivity index (χ1) is 52.9. The molecule has 0 saturated carbocycles. The molecule has 18 nitrogen and oxygen atoms in total. The zero-order valence-corrected chi connectivity index (χ0v) is 87.8. The number of aromatic nitrogens is 18. The van der Waals surface area contributed by atoms with Crippen molar-refractivity contribution >= 4 is 45.3 Å². The van der Waals surface area contributed by atoms with Gasteiger partial charge in [0.05, 0.1) is 98.3 Å². The zero-order chi connectivity index (χ0) is 92.5. The first-order valence-corrected chi connectivity index (χ1v) is 45.0. The van der Waals surface area contributed by atoms with Crippen LogP contribution in [0.4, 0.5) is 0 Å². The fraction of sp³-hybridized carbons (Fsp3) is 0.656. The smallest absolute Gasteiger partial charge is 0.251 e. The average molecular weight is 1700 g/mol. The van der Waals surface area contributed by atoms with Crippen LogP contribution in [0.15, 0.2) is 60.2 Å². The van der Waals surface area contributed by atoms with E-state index in [4.69, 9.17) is 0 Å². The Morgan fingerprint density at radius 1 is 0.347 bits per heavy atom. The molecule has 0 saturated heterocycles. The van der Waals surface area contributed by atoms with Crippen molar-refractivity contribution in [3.8, 4) is 0 Å². The first kappa shape index (κ1) is 109. The second-order valence-corrected chi connectivity index (χ2v) is 46.9. The number of aryl methyl sites for hydroxylation is 14. The van der Waals surface area contributed by atoms with Gasteiger partial charge < -0.3 is 27.4 Å². The SMILES string of the molecule is Cc1[nH]cc(C(C)(C)C)[n+]1C.Cc1c(C(C)(C)C)ncn1C.Cc1nc(C(C)(C)C)c(C)n1C.Cc1nc(C(C)(C)C)cn1C.Cc1nc(C(C)(C)C)cs1.Cc1nc(C)n(C)c1C(C)(C)C.Cc1ncc(C(C)(C)C)s1.Cc1ncn(C)c1C(C)(C)C.Cc1ncsc1C(C)(C)C.Cc1scnc1C(C)(C)C.Cn1cnc(C(C)(C)C)c1. The standard InChI is InChI=1S/2C10H18N2.4C9H16N2.C8H14N2.4C8H13NS/c1-7-9(10(3,4)5)11-8(2)12(7)6;1-7-9(10(3,4)5)12(6)8(2)11-7;1-7-8(9(2,3)4)10-6-11(7)5;1-7-8(9(2,3)4)11(5)6-10-7;1-7-10-8(6-11(7)5)9(2,3)4;1-7-10-6-8(11(7)5)9(2,3)4;1-8(2,3)7-5-10(4)6-9-7;1-6-7(8(2,3)4)9-5-10-6;1-6-7(8(2,3)4)10-5-9-6;1-6-9-7(5-10-6)8(2,3)4;1-6-9-5-7(10-6)8(2,3)4/h2*1-6H3;4*6H,1-5H3;5-6H,1-4H3;4*5H,1-4H3/p+1. The molecule has 0 aliphatic heterocycles. The maximum absolute atomic E-state index is 4.54. The van der Waals surface area contributed by atoms with Crippen LogP contribution in [-0.4, -0.2) is 82.2 Å². The molecule has 118 heavy (non-hydrogen) atoms. The van der Waals surface area contributed by atoms with Gasteiger partial charge in [-0.25, -0.2) is 59.4 Å². The summed E-state index contributed by atoms with van der Waals surface area (Å²) in [6.45, 7) is 97.3. The summed E-state index contributed by atoms with van der Waals surface area (Å²) in [6.07, 6.45) is 13.8. The summed E-state index contributed by atoms with van der Waals surface area (Å²) in [4.78, 5) is 50.7. The Kier molecular flexibility index (Phi) is 39.9. The Labute approximate surface area is 735 Å². The lowest BCUT2D eigenvalue weighted by Crippen LogP contribution is -2.39. The average Bonchev–Trinajstić information content (AvgIpc) is 1.68. The lowest BCUT2D eigenvalue weighted by molar-refractivity contribution is -0.686. The fourth-order valence-electron chi connectivity index (χ4n) is 12.5. The molecule has 0 aliphatic rings. The minimum atomic E-state index is 0.163. The summed E-state index contributed by atoms with van der Waals surface area (Å²) in [5.41, 5.74) is 23.3. The lowest BCUT2D eigenvalue weighted by atomic mass is 9.91. The molecule has 11 aromatic heterocycles. The van der Waals surface area contributed by atoms with Crippen molar-refractivity contribution in [1.29, 1.82) is 0 Å². The van der Waals surface area contributed by atoms with Crippen LogP contribution in [-0.2, 0) is 109 Å². The van der Waals surface area contributed by atoms with E-state index in [9.17, 15) is 0 Å². The summed E-state index contributed by atoms with van der Waals surface area (Å²) < 4.78 is 14.7. The first-order valence-electron chi connectivity index (χ1n) is 41.6. The van der Waals surface area contributed by atoms with Gasteiger partial charge in [-0.05, 0) is 87.0 Å². The van der Waals surface area contributed by atoms with E-state index < -0.39 is 0 Å². The van der Waals surface area contributed by atoms with Crippen molar-refractivity contribution in [2.24, 2.45) is 49.3 Å². The monoisotopic (exact) mass is 1700 g/mol. The quantitative estimate of drug-likeness (QED) is 0.144. The highest BCUT2D eigenvalue weighted by molar-refractivity contribution is 7.11. The molecule has 11 rings (SSSR count). The van der Waals surface area contributed by atoms with Crippen LogP contribution in [0.2, 0.25) is 0 Å². The molecule has 0 spiro atoms. The molecule has 0 fully saturated rings. The van der Waals surface area contributed by atoms with Crippen molar-refractivity contribution in [3.63, 3.8) is 0 Å². The highest BCUT2D eigenvalue weighted by atomic mass is 32.1. The zero-order valence-electron chi connectivity index (χ0n) is 84.5. The molecule has 1 N–H and O–H groups in total. The summed E-state index contributed by atoms with van der Waals surface area (Å²) in [5, 5.41) is 4.45. The van der Waals surface area contributed by atoms with Crippen LogP contribution in [0.1, 0.15) is 356 Å². The fourth-order valence-corrected chi connectivity index (χ4v) is 15.9. The summed E-state index contributed by atoms with van der Waals surface area (Å²) in [6, 6.07) is 0. The molecule has 0 amide bonds. The number of hydrogen-bond acceptors (Lipinski definition) is 14.